The van der Waals surface area contributed by atoms with Crippen LogP contribution in [-0.4, -0.2) is 36.0 Å². The summed E-state index contributed by atoms with van der Waals surface area (Å²) in [7, 11) is 0. The fourth-order valence-electron chi connectivity index (χ4n) is 3.50. The minimum Gasteiger partial charge on any atom is -0.331 e. The zero-order valence-corrected chi connectivity index (χ0v) is 11.6. The van der Waals surface area contributed by atoms with E-state index in [9.17, 15) is 13.6 Å². The van der Waals surface area contributed by atoms with Crippen molar-refractivity contribution in [3.63, 3.8) is 0 Å². The molecule has 3 rings (SSSR count). The van der Waals surface area contributed by atoms with E-state index < -0.39 is 23.1 Å². The molecule has 1 amide bonds. The van der Waals surface area contributed by atoms with Gasteiger partial charge in [0.15, 0.2) is 0 Å². The maximum Gasteiger partial charge on any atom is 0.260 e. The average molecular weight is 280 g/mol. The molecule has 108 valence electrons. The zero-order valence-electron chi connectivity index (χ0n) is 11.6. The largest absolute Gasteiger partial charge is 0.331 e. The van der Waals surface area contributed by atoms with Crippen LogP contribution in [-0.2, 0) is 0 Å². The first kappa shape index (κ1) is 13.5. The van der Waals surface area contributed by atoms with Gasteiger partial charge >= 0.3 is 0 Å². The van der Waals surface area contributed by atoms with Crippen molar-refractivity contribution in [2.45, 2.75) is 32.4 Å². The van der Waals surface area contributed by atoms with Gasteiger partial charge in [-0.2, -0.15) is 0 Å². The summed E-state index contributed by atoms with van der Waals surface area (Å²) in [6.07, 6.45) is 0.887. The van der Waals surface area contributed by atoms with Crippen molar-refractivity contribution in [3.05, 3.63) is 34.9 Å². The monoisotopic (exact) mass is 280 g/mol. The van der Waals surface area contributed by atoms with Gasteiger partial charge in [-0.1, -0.05) is 6.07 Å². The first-order valence-corrected chi connectivity index (χ1v) is 6.98. The van der Waals surface area contributed by atoms with Crippen LogP contribution in [0.15, 0.2) is 12.1 Å². The van der Waals surface area contributed by atoms with Gasteiger partial charge in [0.2, 0.25) is 0 Å². The number of hydrogen-bond donors (Lipinski definition) is 1. The molecule has 2 fully saturated rings. The van der Waals surface area contributed by atoms with E-state index >= 15 is 0 Å². The smallest absolute Gasteiger partial charge is 0.260 e. The van der Waals surface area contributed by atoms with Crippen LogP contribution in [0.5, 0.6) is 0 Å². The molecule has 1 N–H and O–H groups in total. The minimum atomic E-state index is -0.778. The predicted octanol–water partition coefficient (Wildman–Crippen LogP) is 2.10. The van der Waals surface area contributed by atoms with Gasteiger partial charge in [-0.3, -0.25) is 4.79 Å². The van der Waals surface area contributed by atoms with Gasteiger partial charge < -0.3 is 10.2 Å². The summed E-state index contributed by atoms with van der Waals surface area (Å²) in [5, 5.41) is 3.24. The number of likely N-dealkylation sites (tertiary alicyclic amines) is 1. The van der Waals surface area contributed by atoms with E-state index in [0.717, 1.165) is 19.0 Å². The second kappa shape index (κ2) is 4.81. The van der Waals surface area contributed by atoms with Gasteiger partial charge in [-0.15, -0.1) is 0 Å². The van der Waals surface area contributed by atoms with Crippen LogP contribution in [0, 0.1) is 24.5 Å². The summed E-state index contributed by atoms with van der Waals surface area (Å²) >= 11 is 0. The molecule has 0 aromatic heterocycles. The van der Waals surface area contributed by atoms with Gasteiger partial charge in [0.1, 0.15) is 17.2 Å². The number of nitrogens with zero attached hydrogens (tertiary/aromatic N) is 1. The lowest BCUT2D eigenvalue weighted by atomic mass is 10.0. The summed E-state index contributed by atoms with van der Waals surface area (Å²) in [5.74, 6) is -1.64. The number of amides is 1. The third kappa shape index (κ3) is 1.92. The first-order chi connectivity index (χ1) is 9.50. The first-order valence-electron chi connectivity index (χ1n) is 6.98. The number of carbonyl (C=O) groups excluding carboxylic acids is 1. The van der Waals surface area contributed by atoms with E-state index in [0.29, 0.717) is 18.0 Å². The number of fused-ring (bicyclic) bond motifs is 1. The Morgan fingerprint density at radius 1 is 1.35 bits per heavy atom. The SMILES string of the molecule is Cc1ccc(F)c(C(=O)N2C(C)CC3CNCC32)c1F. The lowest BCUT2D eigenvalue weighted by molar-refractivity contribution is 0.0672. The Morgan fingerprint density at radius 3 is 2.85 bits per heavy atom. The predicted molar refractivity (Wildman–Crippen MR) is 71.5 cm³/mol. The molecule has 0 radical (unpaired) electrons. The fourth-order valence-corrected chi connectivity index (χ4v) is 3.50. The molecular weight excluding hydrogens is 262 g/mol. The average Bonchev–Trinajstić information content (AvgIpc) is 2.93. The van der Waals surface area contributed by atoms with Gasteiger partial charge in [0, 0.05) is 25.2 Å². The van der Waals surface area contributed by atoms with Gasteiger partial charge in [0.05, 0.1) is 0 Å². The van der Waals surface area contributed by atoms with Crippen LogP contribution < -0.4 is 5.32 Å². The van der Waals surface area contributed by atoms with Gasteiger partial charge in [0.25, 0.3) is 5.91 Å². The van der Waals surface area contributed by atoms with Gasteiger partial charge in [-0.05, 0) is 37.8 Å². The Morgan fingerprint density at radius 2 is 2.10 bits per heavy atom. The number of hydrogen-bond acceptors (Lipinski definition) is 2. The highest BCUT2D eigenvalue weighted by molar-refractivity contribution is 5.95. The van der Waals surface area contributed by atoms with Crippen LogP contribution in [0.4, 0.5) is 8.78 Å². The Hall–Kier alpha value is -1.49. The summed E-state index contributed by atoms with van der Waals surface area (Å²) in [5.41, 5.74) is -0.118. The molecule has 20 heavy (non-hydrogen) atoms. The van der Waals surface area contributed by atoms with Crippen LogP contribution in [0.1, 0.15) is 29.3 Å². The Labute approximate surface area is 117 Å². The topological polar surface area (TPSA) is 32.3 Å². The summed E-state index contributed by atoms with van der Waals surface area (Å²) in [6.45, 7) is 5.06. The molecule has 3 atom stereocenters. The lowest BCUT2D eigenvalue weighted by Gasteiger charge is -2.28. The van der Waals surface area contributed by atoms with Crippen molar-refractivity contribution in [3.8, 4) is 0 Å². The maximum atomic E-state index is 14.1. The number of nitrogens with one attached hydrogen (secondary N) is 1. The highest BCUT2D eigenvalue weighted by Crippen LogP contribution is 2.34. The van der Waals surface area contributed by atoms with Crippen molar-refractivity contribution >= 4 is 5.91 Å². The van der Waals surface area contributed by atoms with Crippen LogP contribution in [0.3, 0.4) is 0 Å². The third-order valence-corrected chi connectivity index (χ3v) is 4.51. The minimum absolute atomic E-state index is 0.0268. The molecule has 2 saturated heterocycles. The molecule has 5 heteroatoms. The zero-order chi connectivity index (χ0) is 14.4. The Bertz CT molecular complexity index is 561. The highest BCUT2D eigenvalue weighted by Gasteiger charge is 2.45. The highest BCUT2D eigenvalue weighted by atomic mass is 19.1. The van der Waals surface area contributed by atoms with E-state index in [-0.39, 0.29) is 12.1 Å². The molecule has 2 heterocycles. The quantitative estimate of drug-likeness (QED) is 0.854. The normalized spacial score (nSPS) is 28.8. The van der Waals surface area contributed by atoms with Crippen LogP contribution in [0.25, 0.3) is 0 Å². The van der Waals surface area contributed by atoms with Crippen LogP contribution >= 0.6 is 0 Å². The van der Waals surface area contributed by atoms with Crippen molar-refractivity contribution in [1.29, 1.82) is 0 Å². The molecule has 1 aromatic carbocycles. The molecule has 3 nitrogen and oxygen atoms in total. The summed E-state index contributed by atoms with van der Waals surface area (Å²) in [6, 6.07) is 2.60. The Kier molecular flexibility index (Phi) is 3.24. The fraction of sp³-hybridized carbons (Fsp3) is 0.533. The second-order valence-electron chi connectivity index (χ2n) is 5.84. The molecule has 3 unspecified atom stereocenters. The van der Waals surface area contributed by atoms with E-state index in [2.05, 4.69) is 5.32 Å². The van der Waals surface area contributed by atoms with Crippen molar-refractivity contribution in [2.75, 3.05) is 13.1 Å². The van der Waals surface area contributed by atoms with E-state index in [4.69, 9.17) is 0 Å². The van der Waals surface area contributed by atoms with E-state index in [1.54, 1.807) is 11.8 Å². The third-order valence-electron chi connectivity index (χ3n) is 4.51. The molecule has 0 bridgehead atoms. The summed E-state index contributed by atoms with van der Waals surface area (Å²) in [4.78, 5) is 14.3. The van der Waals surface area contributed by atoms with Gasteiger partial charge in [-0.25, -0.2) is 8.78 Å². The number of benzene rings is 1. The number of rotatable bonds is 1. The molecular formula is C15H18F2N2O. The molecule has 2 aliphatic heterocycles. The molecule has 1 aromatic rings. The molecule has 0 saturated carbocycles. The number of aryl methyl sites for hydroxylation is 1. The maximum absolute atomic E-state index is 14.1. The second-order valence-corrected chi connectivity index (χ2v) is 5.84. The number of halogens is 2. The van der Waals surface area contributed by atoms with Crippen molar-refractivity contribution in [1.82, 2.24) is 10.2 Å². The van der Waals surface area contributed by atoms with E-state index in [1.165, 1.54) is 6.07 Å². The lowest BCUT2D eigenvalue weighted by Crippen LogP contribution is -2.43. The molecule has 0 spiro atoms. The standard InChI is InChI=1S/C15H18F2N2O/c1-8-3-4-11(16)13(14(8)17)15(20)19-9(2)5-10-6-18-7-12(10)19/h3-4,9-10,12,18H,5-7H2,1-2H3. The number of carbonyl (C=O) groups is 1. The molecule has 0 aliphatic carbocycles. The summed E-state index contributed by atoms with van der Waals surface area (Å²) < 4.78 is 28.0. The van der Waals surface area contributed by atoms with Crippen molar-refractivity contribution < 1.29 is 13.6 Å². The van der Waals surface area contributed by atoms with Crippen molar-refractivity contribution in [2.24, 2.45) is 5.92 Å². The molecule has 2 aliphatic rings. The Balaban J connectivity index is 1.99. The van der Waals surface area contributed by atoms with E-state index in [1.807, 2.05) is 6.92 Å². The van der Waals surface area contributed by atoms with Crippen LogP contribution in [0.2, 0.25) is 0 Å².